The summed E-state index contributed by atoms with van der Waals surface area (Å²) >= 11 is 0. The lowest BCUT2D eigenvalue weighted by atomic mass is 10.0. The molecule has 0 radical (unpaired) electrons. The van der Waals surface area contributed by atoms with Crippen LogP contribution in [0.3, 0.4) is 0 Å². The van der Waals surface area contributed by atoms with Crippen molar-refractivity contribution < 1.29 is 0 Å². The van der Waals surface area contributed by atoms with Crippen molar-refractivity contribution >= 4 is 0 Å². The summed E-state index contributed by atoms with van der Waals surface area (Å²) in [5.74, 6) is 0. The zero-order valence-corrected chi connectivity index (χ0v) is 14.4. The molecule has 108 valence electrons. The lowest BCUT2D eigenvalue weighted by molar-refractivity contribution is 1.06. The fourth-order valence-corrected chi connectivity index (χ4v) is 0.629. The van der Waals surface area contributed by atoms with Crippen LogP contribution < -0.4 is 0 Å². The minimum Gasteiger partial charge on any atom is -0.0988 e. The fourth-order valence-electron chi connectivity index (χ4n) is 0.629. The van der Waals surface area contributed by atoms with E-state index in [2.05, 4.69) is 47.4 Å². The van der Waals surface area contributed by atoms with E-state index in [9.17, 15) is 0 Å². The van der Waals surface area contributed by atoms with Crippen LogP contribution in [0, 0.1) is 0 Å². The highest BCUT2D eigenvalue weighted by atomic mass is 14.0. The van der Waals surface area contributed by atoms with E-state index in [1.807, 2.05) is 34.6 Å². The molecule has 0 saturated carbocycles. The van der Waals surface area contributed by atoms with Gasteiger partial charge < -0.3 is 0 Å². The van der Waals surface area contributed by atoms with E-state index < -0.39 is 0 Å². The largest absolute Gasteiger partial charge is 0.0988 e. The number of allylic oxidation sites excluding steroid dienone is 5. The molecule has 0 aromatic rings. The Bertz CT molecular complexity index is 239. The zero-order valence-electron chi connectivity index (χ0n) is 14.4. The molecule has 0 atom stereocenters. The number of rotatable bonds is 3. The highest BCUT2D eigenvalue weighted by Gasteiger charge is 1.92. The van der Waals surface area contributed by atoms with Gasteiger partial charge in [0, 0.05) is 0 Å². The second-order valence-corrected chi connectivity index (χ2v) is 3.59. The third-order valence-corrected chi connectivity index (χ3v) is 2.16. The van der Waals surface area contributed by atoms with Crippen LogP contribution in [0.4, 0.5) is 0 Å². The molecule has 18 heavy (non-hydrogen) atoms. The molecule has 0 amide bonds. The Hall–Kier alpha value is -1.04. The van der Waals surface area contributed by atoms with E-state index in [1.54, 1.807) is 6.08 Å². The van der Waals surface area contributed by atoms with Crippen LogP contribution in [0.5, 0.6) is 0 Å². The Morgan fingerprint density at radius 1 is 0.889 bits per heavy atom. The molecule has 0 unspecified atom stereocenters. The van der Waals surface area contributed by atoms with Crippen molar-refractivity contribution in [3.8, 4) is 0 Å². The van der Waals surface area contributed by atoms with Gasteiger partial charge in [-0.2, -0.15) is 0 Å². The van der Waals surface area contributed by atoms with Crippen LogP contribution in [-0.2, 0) is 0 Å². The third-order valence-electron chi connectivity index (χ3n) is 2.16. The van der Waals surface area contributed by atoms with Gasteiger partial charge in [0.2, 0.25) is 0 Å². The molecule has 0 N–H and O–H groups in total. The molecule has 0 saturated heterocycles. The standard InChI is InChI=1S/C9H16.C5H8.2C2H6/c1-6-8(4)9(5)7(2)3;1-4-5(2)3;2*1-2/h2,6H2,1,3-5H3;4H,1-2H2,3H3;2*1-2H3/b9-8-;;;. The predicted octanol–water partition coefficient (Wildman–Crippen LogP) is 7.11. The maximum atomic E-state index is 3.87. The van der Waals surface area contributed by atoms with Crippen molar-refractivity contribution in [1.29, 1.82) is 0 Å². The van der Waals surface area contributed by atoms with Gasteiger partial charge in [0.15, 0.2) is 0 Å². The summed E-state index contributed by atoms with van der Waals surface area (Å²) in [5.41, 5.74) is 5.01. The molecule has 0 aliphatic carbocycles. The van der Waals surface area contributed by atoms with E-state index in [0.29, 0.717) is 0 Å². The topological polar surface area (TPSA) is 0 Å². The van der Waals surface area contributed by atoms with E-state index in [1.165, 1.54) is 16.7 Å². The lowest BCUT2D eigenvalue weighted by Crippen LogP contribution is -1.82. The van der Waals surface area contributed by atoms with Crippen LogP contribution in [0.15, 0.2) is 48.1 Å². The number of hydrogen-bond donors (Lipinski definition) is 0. The molecule has 0 aliphatic heterocycles. The summed E-state index contributed by atoms with van der Waals surface area (Å²) < 4.78 is 0. The Labute approximate surface area is 117 Å². The highest BCUT2D eigenvalue weighted by molar-refractivity contribution is 5.28. The van der Waals surface area contributed by atoms with Gasteiger partial charge in [0.25, 0.3) is 0 Å². The van der Waals surface area contributed by atoms with Crippen LogP contribution in [0.1, 0.15) is 68.7 Å². The van der Waals surface area contributed by atoms with Crippen LogP contribution >= 0.6 is 0 Å². The predicted molar refractivity (Wildman–Crippen MR) is 91.2 cm³/mol. The molecule has 0 nitrogen and oxygen atoms in total. The van der Waals surface area contributed by atoms with Gasteiger partial charge in [0.1, 0.15) is 0 Å². The van der Waals surface area contributed by atoms with Crippen LogP contribution in [0.25, 0.3) is 0 Å². The van der Waals surface area contributed by atoms with Gasteiger partial charge in [-0.15, -0.1) is 0 Å². The molecule has 0 fully saturated rings. The monoisotopic (exact) mass is 252 g/mol. The quantitative estimate of drug-likeness (QED) is 0.469. The minimum atomic E-state index is 1.02. The van der Waals surface area contributed by atoms with Gasteiger partial charge in [-0.25, -0.2) is 0 Å². The van der Waals surface area contributed by atoms with Gasteiger partial charge in [-0.3, -0.25) is 0 Å². The van der Waals surface area contributed by atoms with Crippen LogP contribution in [0.2, 0.25) is 0 Å². The van der Waals surface area contributed by atoms with Gasteiger partial charge in [0.05, 0.1) is 0 Å². The first-order valence-corrected chi connectivity index (χ1v) is 6.96. The first kappa shape index (κ1) is 25.7. The summed E-state index contributed by atoms with van der Waals surface area (Å²) in [4.78, 5) is 0. The van der Waals surface area contributed by atoms with Crippen molar-refractivity contribution in [2.75, 3.05) is 0 Å². The molecule has 0 aliphatic rings. The molecule has 0 rings (SSSR count). The van der Waals surface area contributed by atoms with Crippen molar-refractivity contribution in [3.05, 3.63) is 48.1 Å². The molecule has 0 heteroatoms. The summed E-state index contributed by atoms with van der Waals surface area (Å²) in [7, 11) is 0. The Kier molecular flexibility index (Phi) is 30.4. The smallest absolute Gasteiger partial charge is 0.0346 e. The fraction of sp³-hybridized carbons (Fsp3) is 0.556. The first-order chi connectivity index (χ1) is 8.36. The van der Waals surface area contributed by atoms with Crippen molar-refractivity contribution in [1.82, 2.24) is 0 Å². The molecular weight excluding hydrogens is 216 g/mol. The Balaban J connectivity index is -0.0000000925. The summed E-state index contributed by atoms with van der Waals surface area (Å²) in [6.45, 7) is 29.3. The lowest BCUT2D eigenvalue weighted by Gasteiger charge is -2.02. The van der Waals surface area contributed by atoms with Crippen molar-refractivity contribution in [2.24, 2.45) is 0 Å². The first-order valence-electron chi connectivity index (χ1n) is 6.96. The average molecular weight is 252 g/mol. The molecule has 0 aromatic heterocycles. The molecule has 0 spiro atoms. The Morgan fingerprint density at radius 3 is 1.22 bits per heavy atom. The van der Waals surface area contributed by atoms with E-state index in [0.717, 1.165) is 12.0 Å². The Morgan fingerprint density at radius 2 is 1.17 bits per heavy atom. The zero-order chi connectivity index (χ0) is 15.7. The molecule has 0 bridgehead atoms. The van der Waals surface area contributed by atoms with Crippen molar-refractivity contribution in [2.45, 2.75) is 68.7 Å². The maximum Gasteiger partial charge on any atom is -0.0346 e. The SMILES string of the molecule is C=C(C)/C(C)=C(/C)CC.C=CC(=C)C.CC.CC. The van der Waals surface area contributed by atoms with Crippen molar-refractivity contribution in [3.63, 3.8) is 0 Å². The highest BCUT2D eigenvalue weighted by Crippen LogP contribution is 2.13. The minimum absolute atomic E-state index is 1.02. The summed E-state index contributed by atoms with van der Waals surface area (Å²) in [6.07, 6.45) is 2.86. The van der Waals surface area contributed by atoms with Gasteiger partial charge >= 0.3 is 0 Å². The molecule has 0 heterocycles. The maximum absolute atomic E-state index is 3.87. The second kappa shape index (κ2) is 21.3. The summed E-state index contributed by atoms with van der Waals surface area (Å²) in [5, 5.41) is 0. The average Bonchev–Trinajstić information content (AvgIpc) is 2.41. The van der Waals surface area contributed by atoms with E-state index >= 15 is 0 Å². The third kappa shape index (κ3) is 24.3. The van der Waals surface area contributed by atoms with Gasteiger partial charge in [-0.05, 0) is 39.7 Å². The van der Waals surface area contributed by atoms with Gasteiger partial charge in [-0.1, -0.05) is 77.2 Å². The normalized spacial score (nSPS) is 8.94. The second-order valence-electron chi connectivity index (χ2n) is 3.59. The molecule has 0 aromatic carbocycles. The van der Waals surface area contributed by atoms with E-state index in [-0.39, 0.29) is 0 Å². The van der Waals surface area contributed by atoms with Crippen LogP contribution in [-0.4, -0.2) is 0 Å². The summed E-state index contributed by atoms with van der Waals surface area (Å²) in [6, 6.07) is 0. The molecular formula is C18H36. The number of hydrogen-bond acceptors (Lipinski definition) is 0. The van der Waals surface area contributed by atoms with E-state index in [4.69, 9.17) is 0 Å².